The predicted molar refractivity (Wildman–Crippen MR) is 66.4 cm³/mol. The van der Waals surface area contributed by atoms with E-state index in [1.807, 2.05) is 6.07 Å². The van der Waals surface area contributed by atoms with Gasteiger partial charge in [-0.25, -0.2) is 0 Å². The van der Waals surface area contributed by atoms with Crippen molar-refractivity contribution in [2.45, 2.75) is 38.1 Å². The maximum Gasteiger partial charge on any atom is 0.271 e. The van der Waals surface area contributed by atoms with Crippen LogP contribution in [0.25, 0.3) is 0 Å². The molecule has 2 aliphatic rings. The summed E-state index contributed by atoms with van der Waals surface area (Å²) in [6.07, 6.45) is 6.10. The van der Waals surface area contributed by atoms with E-state index in [2.05, 4.69) is 4.90 Å². The van der Waals surface area contributed by atoms with E-state index in [4.69, 9.17) is 0 Å². The summed E-state index contributed by atoms with van der Waals surface area (Å²) in [5.41, 5.74) is 2.59. The van der Waals surface area contributed by atoms with Gasteiger partial charge in [-0.3, -0.25) is 10.1 Å². The molecule has 4 nitrogen and oxygen atoms in total. The lowest BCUT2D eigenvalue weighted by Gasteiger charge is -2.26. The van der Waals surface area contributed by atoms with E-state index in [0.717, 1.165) is 18.7 Å². The van der Waals surface area contributed by atoms with Gasteiger partial charge in [0, 0.05) is 30.4 Å². The Hall–Kier alpha value is -1.58. The molecule has 17 heavy (non-hydrogen) atoms. The number of anilines is 1. The molecule has 0 saturated heterocycles. The summed E-state index contributed by atoms with van der Waals surface area (Å²) in [5, 5.41) is 10.8. The molecule has 1 heterocycles. The van der Waals surface area contributed by atoms with Crippen molar-refractivity contribution >= 4 is 11.4 Å². The van der Waals surface area contributed by atoms with Crippen LogP contribution < -0.4 is 4.90 Å². The first-order valence-electron chi connectivity index (χ1n) is 6.29. The maximum atomic E-state index is 10.8. The van der Waals surface area contributed by atoms with Crippen molar-refractivity contribution in [3.8, 4) is 0 Å². The van der Waals surface area contributed by atoms with Crippen molar-refractivity contribution in [3.05, 3.63) is 33.9 Å². The summed E-state index contributed by atoms with van der Waals surface area (Å²) in [7, 11) is 0. The first-order chi connectivity index (χ1) is 8.25. The zero-order valence-corrected chi connectivity index (χ0v) is 9.76. The Kier molecular flexibility index (Phi) is 2.50. The molecular formula is C13H16N2O2. The third kappa shape index (κ3) is 1.77. The highest BCUT2D eigenvalue weighted by molar-refractivity contribution is 5.63. The lowest BCUT2D eigenvalue weighted by atomic mass is 10.1. The number of benzene rings is 1. The van der Waals surface area contributed by atoms with Crippen molar-refractivity contribution in [2.75, 3.05) is 11.4 Å². The van der Waals surface area contributed by atoms with Gasteiger partial charge in [-0.05, 0) is 24.8 Å². The highest BCUT2D eigenvalue weighted by Gasteiger charge is 2.29. The minimum Gasteiger partial charge on any atom is -0.368 e. The molecule has 0 N–H and O–H groups in total. The zero-order valence-electron chi connectivity index (χ0n) is 9.76. The molecule has 0 unspecified atom stereocenters. The van der Waals surface area contributed by atoms with Gasteiger partial charge in [0.2, 0.25) is 0 Å². The fraction of sp³-hybridized carbons (Fsp3) is 0.538. The molecule has 0 spiro atoms. The maximum absolute atomic E-state index is 10.8. The fourth-order valence-electron chi connectivity index (χ4n) is 3.10. The van der Waals surface area contributed by atoms with Crippen LogP contribution in [-0.4, -0.2) is 17.5 Å². The van der Waals surface area contributed by atoms with E-state index in [9.17, 15) is 10.1 Å². The van der Waals surface area contributed by atoms with Gasteiger partial charge in [-0.1, -0.05) is 18.9 Å². The summed E-state index contributed by atoms with van der Waals surface area (Å²) >= 11 is 0. The summed E-state index contributed by atoms with van der Waals surface area (Å²) in [5.74, 6) is 0. The normalized spacial score (nSPS) is 19.6. The van der Waals surface area contributed by atoms with Crippen molar-refractivity contribution in [2.24, 2.45) is 0 Å². The number of non-ortho nitro benzene ring substituents is 1. The average Bonchev–Trinajstić information content (AvgIpc) is 2.96. The second-order valence-electron chi connectivity index (χ2n) is 4.95. The Balaban J connectivity index is 1.93. The fourth-order valence-corrected chi connectivity index (χ4v) is 3.10. The van der Waals surface area contributed by atoms with Crippen molar-refractivity contribution in [3.63, 3.8) is 0 Å². The molecule has 4 heteroatoms. The predicted octanol–water partition coefficient (Wildman–Crippen LogP) is 2.90. The second kappa shape index (κ2) is 4.02. The monoisotopic (exact) mass is 232 g/mol. The molecule has 1 aliphatic carbocycles. The van der Waals surface area contributed by atoms with Crippen molar-refractivity contribution in [1.29, 1.82) is 0 Å². The number of nitro benzene ring substituents is 1. The Labute approximate surface area is 100 Å². The van der Waals surface area contributed by atoms with Crippen LogP contribution in [0, 0.1) is 10.1 Å². The first kappa shape index (κ1) is 10.6. The van der Waals surface area contributed by atoms with Crippen molar-refractivity contribution in [1.82, 2.24) is 0 Å². The van der Waals surface area contributed by atoms with Gasteiger partial charge in [0.15, 0.2) is 0 Å². The number of hydrogen-bond donors (Lipinski definition) is 0. The van der Waals surface area contributed by atoms with Gasteiger partial charge in [-0.2, -0.15) is 0 Å². The quantitative estimate of drug-likeness (QED) is 0.581. The van der Waals surface area contributed by atoms with E-state index >= 15 is 0 Å². The van der Waals surface area contributed by atoms with Gasteiger partial charge >= 0.3 is 0 Å². The zero-order chi connectivity index (χ0) is 11.8. The van der Waals surface area contributed by atoms with E-state index in [0.29, 0.717) is 6.04 Å². The molecule has 0 atom stereocenters. The Bertz CT molecular complexity index is 453. The second-order valence-corrected chi connectivity index (χ2v) is 4.95. The molecule has 0 aromatic heterocycles. The minimum atomic E-state index is -0.300. The Morgan fingerprint density at radius 2 is 2.06 bits per heavy atom. The summed E-state index contributed by atoms with van der Waals surface area (Å²) < 4.78 is 0. The molecule has 1 saturated carbocycles. The number of nitrogens with zero attached hydrogens (tertiary/aromatic N) is 2. The van der Waals surface area contributed by atoms with Crippen LogP contribution in [0.3, 0.4) is 0 Å². The van der Waals surface area contributed by atoms with Crippen molar-refractivity contribution < 1.29 is 4.92 Å². The molecule has 3 rings (SSSR count). The minimum absolute atomic E-state index is 0.216. The van der Waals surface area contributed by atoms with E-state index in [1.165, 1.54) is 31.2 Å². The topological polar surface area (TPSA) is 46.4 Å². The molecule has 0 amide bonds. The number of rotatable bonds is 2. The summed E-state index contributed by atoms with van der Waals surface area (Å²) in [6, 6.07) is 5.90. The van der Waals surface area contributed by atoms with Crippen LogP contribution >= 0.6 is 0 Å². The molecule has 90 valence electrons. The van der Waals surface area contributed by atoms with Gasteiger partial charge < -0.3 is 4.90 Å². The van der Waals surface area contributed by atoms with Crippen LogP contribution in [0.15, 0.2) is 18.2 Å². The van der Waals surface area contributed by atoms with E-state index in [1.54, 1.807) is 12.1 Å². The molecule has 1 aromatic rings. The SMILES string of the molecule is O=[N+]([O-])c1ccc2c(c1)N(C1CCCC1)CC2. The van der Waals surface area contributed by atoms with E-state index in [-0.39, 0.29) is 10.6 Å². The molecule has 1 aliphatic heterocycles. The molecule has 0 radical (unpaired) electrons. The van der Waals surface area contributed by atoms with Gasteiger partial charge in [0.1, 0.15) is 0 Å². The highest BCUT2D eigenvalue weighted by Crippen LogP contribution is 2.36. The lowest BCUT2D eigenvalue weighted by Crippen LogP contribution is -2.31. The van der Waals surface area contributed by atoms with Crippen LogP contribution in [0.5, 0.6) is 0 Å². The number of nitro groups is 1. The van der Waals surface area contributed by atoms with Gasteiger partial charge in [0.25, 0.3) is 5.69 Å². The molecule has 0 bridgehead atoms. The standard InChI is InChI=1S/C13H16N2O2/c16-15(17)12-6-5-10-7-8-14(13(10)9-12)11-3-1-2-4-11/h5-6,9,11H,1-4,7-8H2. The summed E-state index contributed by atoms with van der Waals surface area (Å²) in [4.78, 5) is 12.9. The van der Waals surface area contributed by atoms with Crippen LogP contribution in [-0.2, 0) is 6.42 Å². The third-order valence-electron chi connectivity index (χ3n) is 3.98. The number of hydrogen-bond acceptors (Lipinski definition) is 3. The Morgan fingerprint density at radius 1 is 1.29 bits per heavy atom. The lowest BCUT2D eigenvalue weighted by molar-refractivity contribution is -0.384. The average molecular weight is 232 g/mol. The highest BCUT2D eigenvalue weighted by atomic mass is 16.6. The van der Waals surface area contributed by atoms with Crippen LogP contribution in [0.4, 0.5) is 11.4 Å². The van der Waals surface area contributed by atoms with Gasteiger partial charge in [-0.15, -0.1) is 0 Å². The molecule has 1 fully saturated rings. The number of fused-ring (bicyclic) bond motifs is 1. The smallest absolute Gasteiger partial charge is 0.271 e. The molecular weight excluding hydrogens is 216 g/mol. The Morgan fingerprint density at radius 3 is 2.76 bits per heavy atom. The largest absolute Gasteiger partial charge is 0.368 e. The van der Waals surface area contributed by atoms with Crippen LogP contribution in [0.2, 0.25) is 0 Å². The van der Waals surface area contributed by atoms with Crippen LogP contribution in [0.1, 0.15) is 31.2 Å². The summed E-state index contributed by atoms with van der Waals surface area (Å²) in [6.45, 7) is 1.03. The van der Waals surface area contributed by atoms with Gasteiger partial charge in [0.05, 0.1) is 4.92 Å². The molecule has 1 aromatic carbocycles. The first-order valence-corrected chi connectivity index (χ1v) is 6.29. The van der Waals surface area contributed by atoms with E-state index < -0.39 is 0 Å². The third-order valence-corrected chi connectivity index (χ3v) is 3.98.